The van der Waals surface area contributed by atoms with Gasteiger partial charge < -0.3 is 25.0 Å². The third kappa shape index (κ3) is 6.15. The number of fused-ring (bicyclic) bond motifs is 1. The van der Waals surface area contributed by atoms with Crippen LogP contribution in [0, 0.1) is 0 Å². The number of nitrogens with one attached hydrogen (secondary N) is 2. The summed E-state index contributed by atoms with van der Waals surface area (Å²) in [6.07, 6.45) is 3.82. The molecule has 2 heterocycles. The predicted octanol–water partition coefficient (Wildman–Crippen LogP) is 2.40. The molecule has 1 aromatic rings. The zero-order chi connectivity index (χ0) is 19.1. The number of ether oxygens (including phenoxy) is 2. The predicted molar refractivity (Wildman–Crippen MR) is 121 cm³/mol. The number of aliphatic imine (C=N–C) groups is 1. The monoisotopic (exact) mass is 502 g/mol. The number of nitrogens with zero attached hydrogens (tertiary/aromatic N) is 2. The molecular formula is C20H31IN4O3. The van der Waals surface area contributed by atoms with Crippen molar-refractivity contribution in [2.45, 2.75) is 44.8 Å². The molecule has 0 aliphatic carbocycles. The van der Waals surface area contributed by atoms with Crippen LogP contribution in [0.25, 0.3) is 0 Å². The van der Waals surface area contributed by atoms with Crippen molar-refractivity contribution in [2.75, 3.05) is 33.3 Å². The van der Waals surface area contributed by atoms with Crippen molar-refractivity contribution in [3.8, 4) is 11.5 Å². The molecule has 7 nitrogen and oxygen atoms in total. The highest BCUT2D eigenvalue weighted by Crippen LogP contribution is 2.30. The number of hydrogen-bond acceptors (Lipinski definition) is 4. The fourth-order valence-corrected chi connectivity index (χ4v) is 3.49. The molecule has 2 aliphatic heterocycles. The third-order valence-corrected chi connectivity index (χ3v) is 5.04. The Labute approximate surface area is 184 Å². The summed E-state index contributed by atoms with van der Waals surface area (Å²) < 4.78 is 11.6. The van der Waals surface area contributed by atoms with Gasteiger partial charge in [0.25, 0.3) is 0 Å². The van der Waals surface area contributed by atoms with Gasteiger partial charge in [-0.3, -0.25) is 9.79 Å². The number of amides is 1. The summed E-state index contributed by atoms with van der Waals surface area (Å²) in [7, 11) is 1.72. The second-order valence-electron chi connectivity index (χ2n) is 7.06. The van der Waals surface area contributed by atoms with Crippen molar-refractivity contribution in [1.29, 1.82) is 0 Å². The first kappa shape index (κ1) is 22.6. The lowest BCUT2D eigenvalue weighted by Gasteiger charge is -2.33. The van der Waals surface area contributed by atoms with Crippen molar-refractivity contribution in [3.05, 3.63) is 24.3 Å². The summed E-state index contributed by atoms with van der Waals surface area (Å²) in [6.45, 7) is 4.65. The van der Waals surface area contributed by atoms with E-state index in [4.69, 9.17) is 9.47 Å². The van der Waals surface area contributed by atoms with Gasteiger partial charge in [-0.2, -0.15) is 0 Å². The fraction of sp³-hybridized carbons (Fsp3) is 0.600. The maximum atomic E-state index is 12.4. The first-order chi connectivity index (χ1) is 13.2. The Bertz CT molecular complexity index is 671. The number of benzene rings is 1. The molecular weight excluding hydrogens is 471 g/mol. The molecule has 1 amide bonds. The maximum absolute atomic E-state index is 12.4. The van der Waals surface area contributed by atoms with E-state index in [9.17, 15) is 4.79 Å². The number of hydrogen-bond donors (Lipinski definition) is 2. The number of rotatable bonds is 5. The molecule has 2 unspecified atom stereocenters. The highest BCUT2D eigenvalue weighted by Gasteiger charge is 2.23. The van der Waals surface area contributed by atoms with Crippen LogP contribution in [0.2, 0.25) is 0 Å². The van der Waals surface area contributed by atoms with E-state index in [-0.39, 0.29) is 36.0 Å². The van der Waals surface area contributed by atoms with Gasteiger partial charge in [-0.25, -0.2) is 0 Å². The van der Waals surface area contributed by atoms with E-state index in [1.54, 1.807) is 7.05 Å². The van der Waals surface area contributed by atoms with Gasteiger partial charge in [0.2, 0.25) is 5.91 Å². The summed E-state index contributed by atoms with van der Waals surface area (Å²) in [4.78, 5) is 18.6. The Hall–Kier alpha value is -1.71. The Balaban J connectivity index is 0.00000280. The van der Waals surface area contributed by atoms with Gasteiger partial charge in [0.1, 0.15) is 12.7 Å². The first-order valence-electron chi connectivity index (χ1n) is 9.80. The lowest BCUT2D eigenvalue weighted by molar-refractivity contribution is -0.134. The first-order valence-corrected chi connectivity index (χ1v) is 9.80. The highest BCUT2D eigenvalue weighted by atomic mass is 127. The van der Waals surface area contributed by atoms with Crippen LogP contribution in [-0.4, -0.2) is 62.2 Å². The number of para-hydroxylation sites is 2. The Morgan fingerprint density at radius 3 is 2.79 bits per heavy atom. The molecule has 3 rings (SSSR count). The molecule has 156 valence electrons. The molecule has 1 saturated heterocycles. The van der Waals surface area contributed by atoms with Gasteiger partial charge in [0.15, 0.2) is 17.5 Å². The quantitative estimate of drug-likeness (QED) is 0.368. The Morgan fingerprint density at radius 2 is 2.04 bits per heavy atom. The van der Waals surface area contributed by atoms with E-state index in [0.717, 1.165) is 30.9 Å². The van der Waals surface area contributed by atoms with Crippen LogP contribution in [0.15, 0.2) is 29.3 Å². The summed E-state index contributed by atoms with van der Waals surface area (Å²) in [5.74, 6) is 2.42. The smallest absolute Gasteiger partial charge is 0.224 e. The van der Waals surface area contributed by atoms with E-state index in [2.05, 4.69) is 22.5 Å². The maximum Gasteiger partial charge on any atom is 0.224 e. The number of carbonyl (C=O) groups is 1. The molecule has 0 spiro atoms. The number of likely N-dealkylation sites (tertiary alicyclic amines) is 1. The minimum absolute atomic E-state index is 0. The number of piperidine rings is 1. The van der Waals surface area contributed by atoms with Crippen LogP contribution in [0.5, 0.6) is 11.5 Å². The second kappa shape index (κ2) is 11.3. The van der Waals surface area contributed by atoms with Crippen molar-refractivity contribution >= 4 is 35.8 Å². The van der Waals surface area contributed by atoms with Crippen molar-refractivity contribution in [2.24, 2.45) is 4.99 Å². The molecule has 0 aromatic heterocycles. The summed E-state index contributed by atoms with van der Waals surface area (Å²) >= 11 is 0. The van der Waals surface area contributed by atoms with E-state index in [0.29, 0.717) is 38.1 Å². The molecule has 2 atom stereocenters. The average Bonchev–Trinajstić information content (AvgIpc) is 2.70. The number of guanidine groups is 1. The van der Waals surface area contributed by atoms with Crippen molar-refractivity contribution < 1.29 is 14.3 Å². The van der Waals surface area contributed by atoms with Crippen LogP contribution in [0.1, 0.15) is 32.6 Å². The van der Waals surface area contributed by atoms with Crippen LogP contribution >= 0.6 is 24.0 Å². The minimum Gasteiger partial charge on any atom is -0.486 e. The van der Waals surface area contributed by atoms with Crippen molar-refractivity contribution in [1.82, 2.24) is 15.5 Å². The fourth-order valence-electron chi connectivity index (χ4n) is 3.49. The van der Waals surface area contributed by atoms with Crippen LogP contribution in [0.3, 0.4) is 0 Å². The Morgan fingerprint density at radius 1 is 1.25 bits per heavy atom. The molecule has 2 aliphatic rings. The largest absolute Gasteiger partial charge is 0.486 e. The zero-order valence-electron chi connectivity index (χ0n) is 16.6. The normalized spacial score (nSPS) is 21.5. The van der Waals surface area contributed by atoms with Gasteiger partial charge in [-0.05, 0) is 38.3 Å². The van der Waals surface area contributed by atoms with Gasteiger partial charge in [-0.1, -0.05) is 12.1 Å². The third-order valence-electron chi connectivity index (χ3n) is 5.04. The summed E-state index contributed by atoms with van der Waals surface area (Å²) in [6, 6.07) is 8.02. The molecule has 0 saturated carbocycles. The van der Waals surface area contributed by atoms with E-state index in [1.807, 2.05) is 29.2 Å². The Kier molecular flexibility index (Phi) is 9.14. The molecule has 1 fully saturated rings. The summed E-state index contributed by atoms with van der Waals surface area (Å²) in [5, 5.41) is 6.45. The molecule has 8 heteroatoms. The minimum atomic E-state index is -0.0886. The summed E-state index contributed by atoms with van der Waals surface area (Å²) in [5.41, 5.74) is 0. The lowest BCUT2D eigenvalue weighted by Crippen LogP contribution is -2.47. The number of halogens is 1. The van der Waals surface area contributed by atoms with Gasteiger partial charge in [0, 0.05) is 32.6 Å². The van der Waals surface area contributed by atoms with Gasteiger partial charge in [0.05, 0.1) is 6.54 Å². The van der Waals surface area contributed by atoms with E-state index in [1.165, 1.54) is 6.42 Å². The van der Waals surface area contributed by atoms with E-state index >= 15 is 0 Å². The molecule has 1 aromatic carbocycles. The second-order valence-corrected chi connectivity index (χ2v) is 7.06. The SMILES string of the molecule is CN=C(NCCC(=O)N1CCCCC1C)NCC1COc2ccccc2O1.I. The topological polar surface area (TPSA) is 75.2 Å². The average molecular weight is 502 g/mol. The van der Waals surface area contributed by atoms with Gasteiger partial charge in [-0.15, -0.1) is 24.0 Å². The molecule has 0 bridgehead atoms. The lowest BCUT2D eigenvalue weighted by atomic mass is 10.0. The molecule has 2 N–H and O–H groups in total. The molecule has 0 radical (unpaired) electrons. The van der Waals surface area contributed by atoms with Crippen LogP contribution in [-0.2, 0) is 4.79 Å². The molecule has 28 heavy (non-hydrogen) atoms. The van der Waals surface area contributed by atoms with Crippen LogP contribution in [0.4, 0.5) is 0 Å². The zero-order valence-corrected chi connectivity index (χ0v) is 19.0. The van der Waals surface area contributed by atoms with Gasteiger partial charge >= 0.3 is 0 Å². The highest BCUT2D eigenvalue weighted by molar-refractivity contribution is 14.0. The standard InChI is InChI=1S/C20H30N4O3.HI/c1-15-7-5-6-12-24(15)19(25)10-11-22-20(21-2)23-13-16-14-26-17-8-3-4-9-18(17)27-16;/h3-4,8-9,15-16H,5-7,10-14H2,1-2H3,(H2,21,22,23);1H. The van der Waals surface area contributed by atoms with Crippen LogP contribution < -0.4 is 20.1 Å². The van der Waals surface area contributed by atoms with Crippen molar-refractivity contribution in [3.63, 3.8) is 0 Å². The van der Waals surface area contributed by atoms with E-state index < -0.39 is 0 Å². The number of carbonyl (C=O) groups excluding carboxylic acids is 1.